The molecule has 1 aromatic carbocycles. The van der Waals surface area contributed by atoms with Gasteiger partial charge in [0.2, 0.25) is 0 Å². The second kappa shape index (κ2) is 5.99. The highest BCUT2D eigenvalue weighted by molar-refractivity contribution is 5.29. The van der Waals surface area contributed by atoms with Gasteiger partial charge >= 0.3 is 0 Å². The first kappa shape index (κ1) is 15.8. The molecule has 2 fully saturated rings. The van der Waals surface area contributed by atoms with Gasteiger partial charge in [-0.1, -0.05) is 29.8 Å². The lowest BCUT2D eigenvalue weighted by Crippen LogP contribution is -2.42. The third-order valence-corrected chi connectivity index (χ3v) is 5.05. The van der Waals surface area contributed by atoms with Gasteiger partial charge in [0.1, 0.15) is 6.10 Å². The van der Waals surface area contributed by atoms with Crippen molar-refractivity contribution in [3.63, 3.8) is 0 Å². The second-order valence-corrected chi connectivity index (χ2v) is 7.38. The summed E-state index contributed by atoms with van der Waals surface area (Å²) in [5, 5.41) is 3.68. The molecule has 2 aromatic rings. The second-order valence-electron chi connectivity index (χ2n) is 7.38. The third kappa shape index (κ3) is 2.99. The topological polar surface area (TPSA) is 59.2 Å². The molecule has 1 aromatic heterocycles. The van der Waals surface area contributed by atoms with Crippen LogP contribution in [-0.4, -0.2) is 34.0 Å². The van der Waals surface area contributed by atoms with Crippen LogP contribution in [0.5, 0.6) is 0 Å². The number of imidazole rings is 1. The van der Waals surface area contributed by atoms with Crippen LogP contribution in [0.4, 0.5) is 0 Å². The quantitative estimate of drug-likeness (QED) is 0.906. The summed E-state index contributed by atoms with van der Waals surface area (Å²) < 4.78 is 12.4. The first-order valence-corrected chi connectivity index (χ1v) is 8.65. The average Bonchev–Trinajstić information content (AvgIpc) is 3.20. The SMILES string of the molecule is Cc1cccc([C@H]2C[C@H]3OC(C)(C)O[C@H]3[C@@H]2NCc2cnc[nH]2)c1. The number of nitrogens with zero attached hydrogens (tertiary/aromatic N) is 1. The van der Waals surface area contributed by atoms with Gasteiger partial charge in [-0.25, -0.2) is 4.98 Å². The summed E-state index contributed by atoms with van der Waals surface area (Å²) in [6.07, 6.45) is 4.78. The number of ether oxygens (including phenoxy) is 2. The van der Waals surface area contributed by atoms with E-state index in [1.807, 2.05) is 20.0 Å². The van der Waals surface area contributed by atoms with Crippen LogP contribution < -0.4 is 5.32 Å². The Balaban J connectivity index is 1.58. The molecule has 0 bridgehead atoms. The molecule has 1 saturated heterocycles. The molecule has 24 heavy (non-hydrogen) atoms. The van der Waals surface area contributed by atoms with Crippen LogP contribution >= 0.6 is 0 Å². The normalized spacial score (nSPS) is 31.3. The molecule has 4 rings (SSSR count). The lowest BCUT2D eigenvalue weighted by atomic mass is 9.92. The van der Waals surface area contributed by atoms with E-state index in [1.54, 1.807) is 6.33 Å². The third-order valence-electron chi connectivity index (χ3n) is 5.05. The molecular weight excluding hydrogens is 302 g/mol. The zero-order valence-corrected chi connectivity index (χ0v) is 14.5. The van der Waals surface area contributed by atoms with E-state index < -0.39 is 5.79 Å². The Bertz CT molecular complexity index is 698. The van der Waals surface area contributed by atoms with Gasteiger partial charge in [0.25, 0.3) is 0 Å². The molecule has 5 nitrogen and oxygen atoms in total. The summed E-state index contributed by atoms with van der Waals surface area (Å²) in [6, 6.07) is 9.00. The van der Waals surface area contributed by atoms with E-state index in [0.29, 0.717) is 5.92 Å². The monoisotopic (exact) mass is 327 g/mol. The van der Waals surface area contributed by atoms with Crippen LogP contribution in [0.25, 0.3) is 0 Å². The van der Waals surface area contributed by atoms with Crippen molar-refractivity contribution in [1.29, 1.82) is 0 Å². The molecule has 0 unspecified atom stereocenters. The Morgan fingerprint density at radius 2 is 2.21 bits per heavy atom. The van der Waals surface area contributed by atoms with Gasteiger partial charge in [-0.15, -0.1) is 0 Å². The van der Waals surface area contributed by atoms with Crippen LogP contribution in [0.1, 0.15) is 43.0 Å². The van der Waals surface area contributed by atoms with Gasteiger partial charge in [-0.3, -0.25) is 0 Å². The standard InChI is InChI=1S/C19H25N3O2/c1-12-5-4-6-13(7-12)15-8-16-18(24-19(2,3)23-16)17(15)21-10-14-9-20-11-22-14/h4-7,9,11,15-18,21H,8,10H2,1-3H3,(H,20,22)/t15-,16-,17-,18-/m1/s1. The van der Waals surface area contributed by atoms with Crippen molar-refractivity contribution < 1.29 is 9.47 Å². The molecule has 0 radical (unpaired) electrons. The van der Waals surface area contributed by atoms with Gasteiger partial charge in [-0.05, 0) is 32.8 Å². The van der Waals surface area contributed by atoms with Crippen molar-refractivity contribution in [2.75, 3.05) is 0 Å². The molecule has 1 aliphatic heterocycles. The number of benzene rings is 1. The van der Waals surface area contributed by atoms with E-state index >= 15 is 0 Å². The summed E-state index contributed by atoms with van der Waals surface area (Å²) in [5.74, 6) is -0.111. The predicted molar refractivity (Wildman–Crippen MR) is 91.6 cm³/mol. The number of aromatic nitrogens is 2. The van der Waals surface area contributed by atoms with Crippen LogP contribution in [0.15, 0.2) is 36.8 Å². The summed E-state index contributed by atoms with van der Waals surface area (Å²) in [7, 11) is 0. The number of fused-ring (bicyclic) bond motifs is 1. The van der Waals surface area contributed by atoms with Crippen molar-refractivity contribution in [1.82, 2.24) is 15.3 Å². The summed E-state index contributed by atoms with van der Waals surface area (Å²) in [4.78, 5) is 7.25. The number of H-pyrrole nitrogens is 1. The van der Waals surface area contributed by atoms with E-state index in [4.69, 9.17) is 9.47 Å². The highest BCUT2D eigenvalue weighted by Gasteiger charge is 2.53. The van der Waals surface area contributed by atoms with Gasteiger partial charge in [0, 0.05) is 30.4 Å². The van der Waals surface area contributed by atoms with Crippen molar-refractivity contribution in [2.45, 2.75) is 63.7 Å². The zero-order chi connectivity index (χ0) is 16.7. The molecule has 4 atom stereocenters. The van der Waals surface area contributed by atoms with E-state index in [2.05, 4.69) is 46.5 Å². The number of hydrogen-bond donors (Lipinski definition) is 2. The van der Waals surface area contributed by atoms with Crippen LogP contribution in [0.3, 0.4) is 0 Å². The van der Waals surface area contributed by atoms with Crippen molar-refractivity contribution in [3.8, 4) is 0 Å². The lowest BCUT2D eigenvalue weighted by molar-refractivity contribution is -0.154. The first-order valence-electron chi connectivity index (χ1n) is 8.65. The highest BCUT2D eigenvalue weighted by Crippen LogP contribution is 2.45. The number of aryl methyl sites for hydroxylation is 1. The summed E-state index contributed by atoms with van der Waals surface area (Å²) in [6.45, 7) is 6.89. The van der Waals surface area contributed by atoms with Gasteiger partial charge in [0.05, 0.1) is 12.4 Å². The lowest BCUT2D eigenvalue weighted by Gasteiger charge is -2.28. The van der Waals surface area contributed by atoms with Crippen molar-refractivity contribution in [3.05, 3.63) is 53.6 Å². The molecule has 2 N–H and O–H groups in total. The molecule has 2 aliphatic rings. The first-order chi connectivity index (χ1) is 11.5. The molecule has 128 valence electrons. The highest BCUT2D eigenvalue weighted by atomic mass is 16.8. The number of aromatic amines is 1. The van der Waals surface area contributed by atoms with Crippen molar-refractivity contribution in [2.24, 2.45) is 0 Å². The molecule has 1 aliphatic carbocycles. The maximum absolute atomic E-state index is 6.23. The Kier molecular flexibility index (Phi) is 3.95. The number of hydrogen-bond acceptors (Lipinski definition) is 4. The minimum atomic E-state index is -0.499. The van der Waals surface area contributed by atoms with E-state index in [-0.39, 0.29) is 18.2 Å². The largest absolute Gasteiger partial charge is 0.347 e. The molecular formula is C19H25N3O2. The molecule has 1 saturated carbocycles. The molecule has 5 heteroatoms. The Labute approximate surface area is 142 Å². The Morgan fingerprint density at radius 3 is 2.96 bits per heavy atom. The number of nitrogens with one attached hydrogen (secondary N) is 2. The Hall–Kier alpha value is -1.69. The summed E-state index contributed by atoms with van der Waals surface area (Å²) >= 11 is 0. The van der Waals surface area contributed by atoms with Gasteiger partial charge < -0.3 is 19.8 Å². The van der Waals surface area contributed by atoms with E-state index in [1.165, 1.54) is 11.1 Å². The van der Waals surface area contributed by atoms with E-state index in [0.717, 1.165) is 18.7 Å². The van der Waals surface area contributed by atoms with Gasteiger partial charge in [-0.2, -0.15) is 0 Å². The number of rotatable bonds is 4. The predicted octanol–water partition coefficient (Wildman–Crippen LogP) is 2.88. The minimum absolute atomic E-state index is 0.0773. The van der Waals surface area contributed by atoms with E-state index in [9.17, 15) is 0 Å². The zero-order valence-electron chi connectivity index (χ0n) is 14.5. The Morgan fingerprint density at radius 1 is 1.33 bits per heavy atom. The fraction of sp³-hybridized carbons (Fsp3) is 0.526. The van der Waals surface area contributed by atoms with Crippen LogP contribution in [-0.2, 0) is 16.0 Å². The fourth-order valence-corrected chi connectivity index (χ4v) is 4.09. The smallest absolute Gasteiger partial charge is 0.163 e. The summed E-state index contributed by atoms with van der Waals surface area (Å²) in [5.41, 5.74) is 3.73. The maximum atomic E-state index is 6.23. The van der Waals surface area contributed by atoms with Gasteiger partial charge in [0.15, 0.2) is 5.79 Å². The molecule has 0 spiro atoms. The average molecular weight is 327 g/mol. The fourth-order valence-electron chi connectivity index (χ4n) is 4.09. The maximum Gasteiger partial charge on any atom is 0.163 e. The minimum Gasteiger partial charge on any atom is -0.347 e. The van der Waals surface area contributed by atoms with Crippen molar-refractivity contribution >= 4 is 0 Å². The molecule has 2 heterocycles. The van der Waals surface area contributed by atoms with Crippen LogP contribution in [0, 0.1) is 6.92 Å². The molecule has 0 amide bonds. The van der Waals surface area contributed by atoms with Crippen LogP contribution in [0.2, 0.25) is 0 Å².